The fraction of sp³-hybridized carbons (Fsp3) is 0.222. The average molecular weight is 322 g/mol. The first-order valence-corrected chi connectivity index (χ1v) is 6.97. The summed E-state index contributed by atoms with van der Waals surface area (Å²) in [4.78, 5) is 1.64. The summed E-state index contributed by atoms with van der Waals surface area (Å²) < 4.78 is 37.8. The van der Waals surface area contributed by atoms with Gasteiger partial charge < -0.3 is 10.6 Å². The Balaban J connectivity index is 3.21. The van der Waals surface area contributed by atoms with Crippen LogP contribution in [0.3, 0.4) is 0 Å². The Kier molecular flexibility index (Phi) is 5.85. The summed E-state index contributed by atoms with van der Waals surface area (Å²) in [6.45, 7) is 10.3. The summed E-state index contributed by atoms with van der Waals surface area (Å²) in [6, 6.07) is 5.46. The van der Waals surface area contributed by atoms with E-state index in [0.717, 1.165) is 17.2 Å². The third-order valence-electron chi connectivity index (χ3n) is 3.39. The molecular weight excluding hydrogens is 301 g/mol. The first-order valence-electron chi connectivity index (χ1n) is 6.97. The maximum Gasteiger partial charge on any atom is 0.415 e. The molecule has 1 rings (SSSR count). The number of nitrogens with zero attached hydrogens (tertiary/aromatic N) is 1. The number of hydrogen-bond donors (Lipinski definition) is 1. The molecule has 1 aromatic rings. The molecule has 0 aliphatic carbocycles. The van der Waals surface area contributed by atoms with E-state index in [9.17, 15) is 13.2 Å². The number of alkyl halides is 3. The average Bonchev–Trinajstić information content (AvgIpc) is 2.45. The van der Waals surface area contributed by atoms with Gasteiger partial charge in [-0.2, -0.15) is 13.2 Å². The van der Waals surface area contributed by atoms with Crippen LogP contribution in [0.25, 0.3) is 11.8 Å². The number of allylic oxidation sites excluding steroid dienone is 4. The van der Waals surface area contributed by atoms with Gasteiger partial charge in [0.05, 0.1) is 5.57 Å². The lowest BCUT2D eigenvalue weighted by atomic mass is 10.0. The van der Waals surface area contributed by atoms with Crippen molar-refractivity contribution in [2.24, 2.45) is 5.73 Å². The monoisotopic (exact) mass is 322 g/mol. The first kappa shape index (κ1) is 18.6. The van der Waals surface area contributed by atoms with E-state index in [1.165, 1.54) is 0 Å². The van der Waals surface area contributed by atoms with Gasteiger partial charge in [0, 0.05) is 29.7 Å². The predicted octanol–water partition coefficient (Wildman–Crippen LogP) is 5.11. The second-order valence-corrected chi connectivity index (χ2v) is 5.16. The van der Waals surface area contributed by atoms with E-state index < -0.39 is 11.7 Å². The van der Waals surface area contributed by atoms with Crippen LogP contribution in [0.15, 0.2) is 54.8 Å². The molecule has 124 valence electrons. The van der Waals surface area contributed by atoms with Crippen LogP contribution in [0.5, 0.6) is 0 Å². The van der Waals surface area contributed by atoms with Gasteiger partial charge in [0.1, 0.15) is 0 Å². The largest absolute Gasteiger partial charge is 0.415 e. The molecule has 0 aliphatic rings. The van der Waals surface area contributed by atoms with Gasteiger partial charge in [0.25, 0.3) is 0 Å². The molecule has 2 nitrogen and oxygen atoms in total. The van der Waals surface area contributed by atoms with Crippen LogP contribution >= 0.6 is 0 Å². The topological polar surface area (TPSA) is 29.3 Å². The maximum atomic E-state index is 12.6. The number of benzene rings is 1. The Bertz CT molecular complexity index is 667. The Labute approximate surface area is 135 Å². The molecule has 0 spiro atoms. The normalized spacial score (nSPS) is 12.5. The third-order valence-corrected chi connectivity index (χ3v) is 3.39. The summed E-state index contributed by atoms with van der Waals surface area (Å²) >= 11 is 0. The number of hydrogen-bond acceptors (Lipinski definition) is 2. The Hall–Kier alpha value is -2.43. The summed E-state index contributed by atoms with van der Waals surface area (Å²) in [5.74, 6) is 0. The lowest BCUT2D eigenvalue weighted by molar-refractivity contribution is -0.0878. The molecule has 0 fully saturated rings. The summed E-state index contributed by atoms with van der Waals surface area (Å²) in [5, 5.41) is 0. The van der Waals surface area contributed by atoms with Crippen molar-refractivity contribution in [1.82, 2.24) is 0 Å². The lowest BCUT2D eigenvalue weighted by Crippen LogP contribution is -2.17. The molecule has 0 unspecified atom stereocenters. The van der Waals surface area contributed by atoms with Gasteiger partial charge in [0.15, 0.2) is 0 Å². The zero-order chi connectivity index (χ0) is 17.8. The molecular formula is C18H21F3N2. The van der Waals surface area contributed by atoms with Gasteiger partial charge in [-0.05, 0) is 37.6 Å². The van der Waals surface area contributed by atoms with Crippen LogP contribution in [0, 0.1) is 0 Å². The summed E-state index contributed by atoms with van der Waals surface area (Å²) in [5.41, 5.74) is 8.08. The summed E-state index contributed by atoms with van der Waals surface area (Å²) in [7, 11) is 1.68. The van der Waals surface area contributed by atoms with E-state index in [1.54, 1.807) is 24.9 Å². The van der Waals surface area contributed by atoms with Crippen LogP contribution in [-0.2, 0) is 0 Å². The molecule has 0 bridgehead atoms. The van der Waals surface area contributed by atoms with Gasteiger partial charge in [0.2, 0.25) is 0 Å². The highest BCUT2D eigenvalue weighted by atomic mass is 19.4. The SMILES string of the molecule is C=C(N)c1cc(N(C)/C(C)=C\C(=C)C(F)(F)F)ccc1/C=C\C. The molecule has 0 aromatic heterocycles. The van der Waals surface area contributed by atoms with Crippen LogP contribution in [0.2, 0.25) is 0 Å². The Morgan fingerprint density at radius 2 is 1.87 bits per heavy atom. The molecule has 2 N–H and O–H groups in total. The molecule has 23 heavy (non-hydrogen) atoms. The zero-order valence-electron chi connectivity index (χ0n) is 13.5. The number of nitrogens with two attached hydrogens (primary N) is 1. The Morgan fingerprint density at radius 1 is 1.26 bits per heavy atom. The van der Waals surface area contributed by atoms with E-state index in [1.807, 2.05) is 31.2 Å². The van der Waals surface area contributed by atoms with Crippen molar-refractivity contribution >= 4 is 17.5 Å². The van der Waals surface area contributed by atoms with Crippen LogP contribution in [0.4, 0.5) is 18.9 Å². The van der Waals surface area contributed by atoms with Crippen molar-refractivity contribution in [1.29, 1.82) is 0 Å². The van der Waals surface area contributed by atoms with Crippen LogP contribution in [0.1, 0.15) is 25.0 Å². The molecule has 5 heteroatoms. The third kappa shape index (κ3) is 4.77. The molecule has 0 saturated heterocycles. The fourth-order valence-corrected chi connectivity index (χ4v) is 1.99. The molecule has 0 radical (unpaired) electrons. The quantitative estimate of drug-likeness (QED) is 0.764. The highest BCUT2D eigenvalue weighted by Crippen LogP contribution is 2.29. The molecule has 0 aliphatic heterocycles. The van der Waals surface area contributed by atoms with E-state index in [0.29, 0.717) is 17.1 Å². The smallest absolute Gasteiger partial charge is 0.399 e. The van der Waals surface area contributed by atoms with Gasteiger partial charge in [-0.3, -0.25) is 0 Å². The van der Waals surface area contributed by atoms with Crippen molar-refractivity contribution in [3.05, 3.63) is 65.9 Å². The zero-order valence-corrected chi connectivity index (χ0v) is 13.5. The molecule has 1 aromatic carbocycles. The number of anilines is 1. The maximum absolute atomic E-state index is 12.6. The highest BCUT2D eigenvalue weighted by molar-refractivity contribution is 5.75. The van der Waals surface area contributed by atoms with Crippen LogP contribution < -0.4 is 10.6 Å². The molecule has 0 saturated carbocycles. The second-order valence-electron chi connectivity index (χ2n) is 5.16. The van der Waals surface area contributed by atoms with E-state index >= 15 is 0 Å². The van der Waals surface area contributed by atoms with Crippen molar-refractivity contribution in [2.75, 3.05) is 11.9 Å². The van der Waals surface area contributed by atoms with Crippen molar-refractivity contribution in [3.8, 4) is 0 Å². The molecule has 0 heterocycles. The van der Waals surface area contributed by atoms with Gasteiger partial charge in [-0.1, -0.05) is 31.4 Å². The lowest BCUT2D eigenvalue weighted by Gasteiger charge is -2.22. The van der Waals surface area contributed by atoms with Gasteiger partial charge >= 0.3 is 6.18 Å². The minimum atomic E-state index is -4.44. The van der Waals surface area contributed by atoms with Gasteiger partial charge in [-0.15, -0.1) is 0 Å². The Morgan fingerprint density at radius 3 is 2.35 bits per heavy atom. The van der Waals surface area contributed by atoms with Gasteiger partial charge in [-0.25, -0.2) is 0 Å². The summed E-state index contributed by atoms with van der Waals surface area (Å²) in [6.07, 6.45) is 0.348. The first-order chi connectivity index (χ1) is 10.6. The number of rotatable bonds is 5. The standard InChI is InChI=1S/C18H21F3N2/c1-6-7-15-8-9-16(11-17(15)14(4)22)23(5)13(3)10-12(2)18(19,20)21/h6-11H,2,4,22H2,1,3,5H3/b7-6-,13-10-. The minimum Gasteiger partial charge on any atom is -0.399 e. The fourth-order valence-electron chi connectivity index (χ4n) is 1.99. The van der Waals surface area contributed by atoms with E-state index in [2.05, 4.69) is 13.2 Å². The number of halogens is 3. The minimum absolute atomic E-state index is 0.398. The predicted molar refractivity (Wildman–Crippen MR) is 91.7 cm³/mol. The van der Waals surface area contributed by atoms with Crippen molar-refractivity contribution < 1.29 is 13.2 Å². The highest BCUT2D eigenvalue weighted by Gasteiger charge is 2.30. The van der Waals surface area contributed by atoms with E-state index in [4.69, 9.17) is 5.73 Å². The van der Waals surface area contributed by atoms with Crippen LogP contribution in [-0.4, -0.2) is 13.2 Å². The molecule has 0 atom stereocenters. The second kappa shape index (κ2) is 7.22. The molecule has 0 amide bonds. The van der Waals surface area contributed by atoms with Crippen molar-refractivity contribution in [3.63, 3.8) is 0 Å². The van der Waals surface area contributed by atoms with Crippen molar-refractivity contribution in [2.45, 2.75) is 20.0 Å². The van der Waals surface area contributed by atoms with E-state index in [-0.39, 0.29) is 0 Å².